The number of hydrogen-bond donors (Lipinski definition) is 1. The Labute approximate surface area is 94.2 Å². The van der Waals surface area contributed by atoms with E-state index in [1.807, 2.05) is 31.2 Å². The van der Waals surface area contributed by atoms with Crippen LogP contribution in [0.15, 0.2) is 29.1 Å². The maximum Gasteiger partial charge on any atom is 0.254 e. The quantitative estimate of drug-likeness (QED) is 0.792. The van der Waals surface area contributed by atoms with Crippen molar-refractivity contribution in [2.24, 2.45) is 0 Å². The maximum absolute atomic E-state index is 11.6. The van der Waals surface area contributed by atoms with E-state index in [2.05, 4.69) is 9.97 Å². The van der Waals surface area contributed by atoms with Gasteiger partial charge in [0, 0.05) is 11.1 Å². The minimum atomic E-state index is -0.0666. The molecule has 0 saturated heterocycles. The highest BCUT2D eigenvalue weighted by Crippen LogP contribution is 2.18. The first kappa shape index (κ1) is 10.6. The molecule has 0 spiro atoms. The summed E-state index contributed by atoms with van der Waals surface area (Å²) in [6.07, 6.45) is 0. The standard InChI is InChI=1S/C13H14N2O/c1-8-4-6-11(7-5-8)12-9(2)13(16)15-10(3)14-12/h4-7H,1-3H3,(H,14,15,16). The molecule has 0 amide bonds. The molecule has 3 nitrogen and oxygen atoms in total. The van der Waals surface area contributed by atoms with Crippen LogP contribution in [-0.2, 0) is 0 Å². The fourth-order valence-electron chi connectivity index (χ4n) is 1.64. The summed E-state index contributed by atoms with van der Waals surface area (Å²) in [5, 5.41) is 0. The van der Waals surface area contributed by atoms with E-state index in [9.17, 15) is 4.79 Å². The lowest BCUT2D eigenvalue weighted by atomic mass is 10.1. The summed E-state index contributed by atoms with van der Waals surface area (Å²) in [5.74, 6) is 0.645. The van der Waals surface area contributed by atoms with Gasteiger partial charge < -0.3 is 4.98 Å². The normalized spacial score (nSPS) is 10.4. The summed E-state index contributed by atoms with van der Waals surface area (Å²) < 4.78 is 0. The van der Waals surface area contributed by atoms with Crippen molar-refractivity contribution in [2.45, 2.75) is 20.8 Å². The van der Waals surface area contributed by atoms with E-state index in [0.29, 0.717) is 11.4 Å². The van der Waals surface area contributed by atoms with Crippen LogP contribution in [0.25, 0.3) is 11.3 Å². The highest BCUT2D eigenvalue weighted by atomic mass is 16.1. The number of hydrogen-bond acceptors (Lipinski definition) is 2. The van der Waals surface area contributed by atoms with Gasteiger partial charge in [-0.2, -0.15) is 0 Å². The van der Waals surface area contributed by atoms with E-state index in [1.54, 1.807) is 13.8 Å². The van der Waals surface area contributed by atoms with Crippen LogP contribution in [0.2, 0.25) is 0 Å². The van der Waals surface area contributed by atoms with Gasteiger partial charge in [-0.3, -0.25) is 4.79 Å². The second kappa shape index (κ2) is 3.93. The molecule has 1 aromatic heterocycles. The summed E-state index contributed by atoms with van der Waals surface area (Å²) >= 11 is 0. The van der Waals surface area contributed by atoms with Crippen molar-refractivity contribution in [3.8, 4) is 11.3 Å². The van der Waals surface area contributed by atoms with Crippen LogP contribution in [0.4, 0.5) is 0 Å². The zero-order chi connectivity index (χ0) is 11.7. The molecule has 0 radical (unpaired) electrons. The Morgan fingerprint density at radius 1 is 1.06 bits per heavy atom. The summed E-state index contributed by atoms with van der Waals surface area (Å²) in [6.45, 7) is 5.62. The number of aromatic amines is 1. The Balaban J connectivity index is 2.64. The highest BCUT2D eigenvalue weighted by molar-refractivity contribution is 5.62. The number of rotatable bonds is 1. The molecule has 0 fully saturated rings. The number of aryl methyl sites for hydroxylation is 2. The Kier molecular flexibility index (Phi) is 2.60. The fourth-order valence-corrected chi connectivity index (χ4v) is 1.64. The van der Waals surface area contributed by atoms with Crippen LogP contribution in [0.1, 0.15) is 17.0 Å². The van der Waals surface area contributed by atoms with Crippen LogP contribution in [0, 0.1) is 20.8 Å². The van der Waals surface area contributed by atoms with Gasteiger partial charge in [-0.1, -0.05) is 29.8 Å². The van der Waals surface area contributed by atoms with E-state index >= 15 is 0 Å². The van der Waals surface area contributed by atoms with Crippen molar-refractivity contribution in [1.82, 2.24) is 9.97 Å². The van der Waals surface area contributed by atoms with Crippen LogP contribution in [0.3, 0.4) is 0 Å². The Hall–Kier alpha value is -1.90. The lowest BCUT2D eigenvalue weighted by Crippen LogP contribution is -2.14. The first-order chi connectivity index (χ1) is 7.58. The van der Waals surface area contributed by atoms with E-state index < -0.39 is 0 Å². The van der Waals surface area contributed by atoms with Crippen molar-refractivity contribution in [2.75, 3.05) is 0 Å². The molecule has 0 atom stereocenters. The molecule has 0 aliphatic rings. The Morgan fingerprint density at radius 2 is 1.69 bits per heavy atom. The van der Waals surface area contributed by atoms with Gasteiger partial charge >= 0.3 is 0 Å². The Morgan fingerprint density at radius 3 is 2.31 bits per heavy atom. The molecule has 0 bridgehead atoms. The molecule has 0 saturated carbocycles. The second-order valence-corrected chi connectivity index (χ2v) is 3.99. The third-order valence-electron chi connectivity index (χ3n) is 2.59. The molecule has 2 rings (SSSR count). The monoisotopic (exact) mass is 214 g/mol. The number of nitrogens with one attached hydrogen (secondary N) is 1. The van der Waals surface area contributed by atoms with Crippen molar-refractivity contribution in [1.29, 1.82) is 0 Å². The van der Waals surface area contributed by atoms with Gasteiger partial charge in [-0.15, -0.1) is 0 Å². The molecule has 82 valence electrons. The number of benzene rings is 1. The zero-order valence-electron chi connectivity index (χ0n) is 9.66. The number of aromatic nitrogens is 2. The summed E-state index contributed by atoms with van der Waals surface area (Å²) in [6, 6.07) is 8.02. The van der Waals surface area contributed by atoms with Gasteiger partial charge in [0.05, 0.1) is 5.69 Å². The molecule has 0 aliphatic heterocycles. The second-order valence-electron chi connectivity index (χ2n) is 3.99. The van der Waals surface area contributed by atoms with Crippen molar-refractivity contribution < 1.29 is 0 Å². The predicted octanol–water partition coefficient (Wildman–Crippen LogP) is 2.36. The molecule has 0 aliphatic carbocycles. The van der Waals surface area contributed by atoms with Crippen LogP contribution >= 0.6 is 0 Å². The molecule has 16 heavy (non-hydrogen) atoms. The molecule has 2 aromatic rings. The van der Waals surface area contributed by atoms with Gasteiger partial charge in [0.15, 0.2) is 0 Å². The lowest BCUT2D eigenvalue weighted by molar-refractivity contribution is 0.999. The summed E-state index contributed by atoms with van der Waals surface area (Å²) in [7, 11) is 0. The largest absolute Gasteiger partial charge is 0.311 e. The van der Waals surface area contributed by atoms with E-state index in [4.69, 9.17) is 0 Å². The first-order valence-electron chi connectivity index (χ1n) is 5.22. The molecule has 1 N–H and O–H groups in total. The van der Waals surface area contributed by atoms with Gasteiger partial charge in [0.2, 0.25) is 0 Å². The zero-order valence-corrected chi connectivity index (χ0v) is 9.66. The van der Waals surface area contributed by atoms with Gasteiger partial charge in [0.1, 0.15) is 5.82 Å². The highest BCUT2D eigenvalue weighted by Gasteiger charge is 2.07. The van der Waals surface area contributed by atoms with Gasteiger partial charge in [-0.05, 0) is 20.8 Å². The van der Waals surface area contributed by atoms with Crippen LogP contribution in [-0.4, -0.2) is 9.97 Å². The third-order valence-corrected chi connectivity index (χ3v) is 2.59. The third kappa shape index (κ3) is 1.89. The van der Waals surface area contributed by atoms with E-state index in [0.717, 1.165) is 11.3 Å². The van der Waals surface area contributed by atoms with Gasteiger partial charge in [0.25, 0.3) is 5.56 Å². The first-order valence-corrected chi connectivity index (χ1v) is 5.22. The van der Waals surface area contributed by atoms with E-state index in [-0.39, 0.29) is 5.56 Å². The van der Waals surface area contributed by atoms with Crippen molar-refractivity contribution in [3.63, 3.8) is 0 Å². The molecule has 0 unspecified atom stereocenters. The smallest absolute Gasteiger partial charge is 0.254 e. The average molecular weight is 214 g/mol. The maximum atomic E-state index is 11.6. The molecule has 1 aromatic carbocycles. The minimum absolute atomic E-state index is 0.0666. The van der Waals surface area contributed by atoms with Crippen LogP contribution in [0.5, 0.6) is 0 Å². The number of H-pyrrole nitrogens is 1. The van der Waals surface area contributed by atoms with E-state index in [1.165, 1.54) is 5.56 Å². The van der Waals surface area contributed by atoms with Gasteiger partial charge in [-0.25, -0.2) is 4.98 Å². The molecule has 3 heteroatoms. The number of nitrogens with zero attached hydrogens (tertiary/aromatic N) is 1. The minimum Gasteiger partial charge on any atom is -0.311 e. The summed E-state index contributed by atoms with van der Waals surface area (Å²) in [4.78, 5) is 18.7. The average Bonchev–Trinajstić information content (AvgIpc) is 2.25. The fraction of sp³-hybridized carbons (Fsp3) is 0.231. The topological polar surface area (TPSA) is 45.8 Å². The molecular weight excluding hydrogens is 200 g/mol. The van der Waals surface area contributed by atoms with Crippen LogP contribution < -0.4 is 5.56 Å². The molecule has 1 heterocycles. The SMILES string of the molecule is Cc1ccc(-c2nc(C)[nH]c(=O)c2C)cc1. The lowest BCUT2D eigenvalue weighted by Gasteiger charge is -2.05. The predicted molar refractivity (Wildman–Crippen MR) is 64.5 cm³/mol. The van der Waals surface area contributed by atoms with Crippen molar-refractivity contribution >= 4 is 0 Å². The summed E-state index contributed by atoms with van der Waals surface area (Å²) in [5.41, 5.74) is 3.54. The Bertz CT molecular complexity index is 567. The van der Waals surface area contributed by atoms with Crippen molar-refractivity contribution in [3.05, 3.63) is 51.6 Å². The molecular formula is C13H14N2O.